The Balaban J connectivity index is 1.95. The van der Waals surface area contributed by atoms with Crippen molar-refractivity contribution in [1.29, 1.82) is 0 Å². The number of halogens is 2. The van der Waals surface area contributed by atoms with E-state index in [9.17, 15) is 12.8 Å². The smallest absolute Gasteiger partial charge is 0.185 e. The van der Waals surface area contributed by atoms with Crippen molar-refractivity contribution in [1.82, 2.24) is 0 Å². The van der Waals surface area contributed by atoms with E-state index < -0.39 is 15.7 Å². The van der Waals surface area contributed by atoms with E-state index in [1.54, 1.807) is 30.3 Å². The SMILES string of the molecule is C/C(CS(=O)(=O)c1ccccc1Cl)=N\OCC#Cc1ccccc1F. The zero-order valence-corrected chi connectivity index (χ0v) is 14.9. The number of benzene rings is 2. The van der Waals surface area contributed by atoms with E-state index in [1.807, 2.05) is 0 Å². The molecule has 0 unspecified atom stereocenters. The van der Waals surface area contributed by atoms with Crippen molar-refractivity contribution in [3.63, 3.8) is 0 Å². The van der Waals surface area contributed by atoms with Gasteiger partial charge >= 0.3 is 0 Å². The van der Waals surface area contributed by atoms with Crippen molar-refractivity contribution in [2.24, 2.45) is 5.16 Å². The van der Waals surface area contributed by atoms with Crippen molar-refractivity contribution >= 4 is 27.1 Å². The van der Waals surface area contributed by atoms with E-state index in [2.05, 4.69) is 17.0 Å². The van der Waals surface area contributed by atoms with E-state index in [1.165, 1.54) is 25.1 Å². The summed E-state index contributed by atoms with van der Waals surface area (Å²) < 4.78 is 37.9. The molecule has 0 fully saturated rings. The van der Waals surface area contributed by atoms with Gasteiger partial charge in [0, 0.05) is 0 Å². The molecule has 0 aliphatic heterocycles. The molecule has 0 spiro atoms. The molecule has 130 valence electrons. The first-order chi connectivity index (χ1) is 11.9. The molecular formula is C18H15ClFNO3S. The molecule has 0 atom stereocenters. The molecule has 0 heterocycles. The molecule has 0 aliphatic rings. The van der Waals surface area contributed by atoms with E-state index in [4.69, 9.17) is 16.4 Å². The maximum Gasteiger partial charge on any atom is 0.185 e. The molecule has 0 radical (unpaired) electrons. The van der Waals surface area contributed by atoms with E-state index in [0.29, 0.717) is 0 Å². The first kappa shape index (κ1) is 19.0. The van der Waals surface area contributed by atoms with Crippen LogP contribution in [0.3, 0.4) is 0 Å². The van der Waals surface area contributed by atoms with Gasteiger partial charge in [0.05, 0.1) is 26.9 Å². The number of hydrogen-bond donors (Lipinski definition) is 0. The Bertz CT molecular complexity index is 946. The predicted molar refractivity (Wildman–Crippen MR) is 95.8 cm³/mol. The molecule has 0 saturated heterocycles. The Labute approximate surface area is 151 Å². The third-order valence-electron chi connectivity index (χ3n) is 3.02. The maximum absolute atomic E-state index is 13.4. The van der Waals surface area contributed by atoms with Crippen molar-refractivity contribution < 1.29 is 17.6 Å². The summed E-state index contributed by atoms with van der Waals surface area (Å²) in [6, 6.07) is 12.3. The largest absolute Gasteiger partial charge is 0.383 e. The van der Waals surface area contributed by atoms with Gasteiger partial charge in [-0.05, 0) is 31.2 Å². The van der Waals surface area contributed by atoms with Crippen molar-refractivity contribution in [2.45, 2.75) is 11.8 Å². The standard InChI is InChI=1S/C18H15ClFNO3S/c1-14(13-25(22,23)18-11-5-3-9-16(18)19)21-24-12-6-8-15-7-2-4-10-17(15)20/h2-5,7,9-11H,12-13H2,1H3/b21-14+. The molecular weight excluding hydrogens is 365 g/mol. The van der Waals surface area contributed by atoms with E-state index >= 15 is 0 Å². The minimum absolute atomic E-state index is 0.0468. The highest BCUT2D eigenvalue weighted by atomic mass is 35.5. The molecule has 2 rings (SSSR count). The van der Waals surface area contributed by atoms with E-state index in [0.717, 1.165) is 0 Å². The molecule has 2 aromatic carbocycles. The van der Waals surface area contributed by atoms with Crippen LogP contribution in [0.15, 0.2) is 58.6 Å². The van der Waals surface area contributed by atoms with Crippen LogP contribution in [0.5, 0.6) is 0 Å². The van der Waals surface area contributed by atoms with Crippen LogP contribution in [0, 0.1) is 17.7 Å². The number of hydrogen-bond acceptors (Lipinski definition) is 4. The van der Waals surface area contributed by atoms with E-state index in [-0.39, 0.29) is 33.6 Å². The fraction of sp³-hybridized carbons (Fsp3) is 0.167. The summed E-state index contributed by atoms with van der Waals surface area (Å²) in [5.74, 6) is 4.49. The van der Waals surface area contributed by atoms with Gasteiger partial charge in [-0.3, -0.25) is 0 Å². The molecule has 0 aromatic heterocycles. The highest BCUT2D eigenvalue weighted by Crippen LogP contribution is 2.21. The number of sulfone groups is 1. The van der Waals surface area contributed by atoms with Gasteiger partial charge in [-0.15, -0.1) is 0 Å². The molecule has 4 nitrogen and oxygen atoms in total. The normalized spacial score (nSPS) is 11.6. The molecule has 25 heavy (non-hydrogen) atoms. The zero-order valence-electron chi connectivity index (χ0n) is 13.4. The highest BCUT2D eigenvalue weighted by molar-refractivity contribution is 7.92. The van der Waals surface area contributed by atoms with Crippen LogP contribution in [-0.4, -0.2) is 26.5 Å². The van der Waals surface area contributed by atoms with Gasteiger partial charge in [0.1, 0.15) is 5.82 Å². The van der Waals surface area contributed by atoms with Crippen molar-refractivity contribution in [2.75, 3.05) is 12.4 Å². The van der Waals surface area contributed by atoms with Crippen LogP contribution < -0.4 is 0 Å². The average Bonchev–Trinajstić information content (AvgIpc) is 2.56. The van der Waals surface area contributed by atoms with Gasteiger partial charge < -0.3 is 4.84 Å². The van der Waals surface area contributed by atoms with Crippen molar-refractivity contribution in [3.8, 4) is 11.8 Å². The van der Waals surface area contributed by atoms with Gasteiger partial charge in [-0.1, -0.05) is 52.9 Å². The summed E-state index contributed by atoms with van der Waals surface area (Å²) in [7, 11) is -3.61. The zero-order chi connectivity index (χ0) is 18.3. The Hall–Kier alpha value is -2.36. The third-order valence-corrected chi connectivity index (χ3v) is 5.29. The van der Waals surface area contributed by atoms with Crippen LogP contribution in [0.1, 0.15) is 12.5 Å². The van der Waals surface area contributed by atoms with Crippen LogP contribution >= 0.6 is 11.6 Å². The summed E-state index contributed by atoms with van der Waals surface area (Å²) in [6.07, 6.45) is 0. The quantitative estimate of drug-likeness (QED) is 0.344. The summed E-state index contributed by atoms with van der Waals surface area (Å²) in [5, 5.41) is 3.88. The second kappa shape index (κ2) is 8.65. The Morgan fingerprint density at radius 2 is 1.88 bits per heavy atom. The third kappa shape index (κ3) is 5.59. The van der Waals surface area contributed by atoms with Gasteiger partial charge in [-0.25, -0.2) is 12.8 Å². The number of nitrogens with zero attached hydrogens (tertiary/aromatic N) is 1. The molecule has 0 saturated carbocycles. The number of oxime groups is 1. The maximum atomic E-state index is 13.4. The van der Waals surface area contributed by atoms with Crippen molar-refractivity contribution in [3.05, 3.63) is 64.9 Å². The second-order valence-corrected chi connectivity index (χ2v) is 7.44. The fourth-order valence-corrected chi connectivity index (χ4v) is 3.84. The lowest BCUT2D eigenvalue weighted by atomic mass is 10.2. The first-order valence-electron chi connectivity index (χ1n) is 7.26. The molecule has 0 amide bonds. The minimum atomic E-state index is -3.61. The summed E-state index contributed by atoms with van der Waals surface area (Å²) in [6.45, 7) is 1.44. The summed E-state index contributed by atoms with van der Waals surface area (Å²) in [5.41, 5.74) is 0.515. The molecule has 0 N–H and O–H groups in total. The summed E-state index contributed by atoms with van der Waals surface area (Å²) >= 11 is 5.91. The first-order valence-corrected chi connectivity index (χ1v) is 9.29. The second-order valence-electron chi connectivity index (χ2n) is 5.07. The molecule has 0 aliphatic carbocycles. The van der Waals surface area contributed by atoms with Gasteiger partial charge in [0.15, 0.2) is 16.4 Å². The van der Waals surface area contributed by atoms with Crippen LogP contribution in [0.4, 0.5) is 4.39 Å². The van der Waals surface area contributed by atoms with Gasteiger partial charge in [0.25, 0.3) is 0 Å². The monoisotopic (exact) mass is 379 g/mol. The lowest BCUT2D eigenvalue weighted by Gasteiger charge is -2.05. The fourth-order valence-electron chi connectivity index (χ4n) is 1.94. The molecule has 2 aromatic rings. The summed E-state index contributed by atoms with van der Waals surface area (Å²) in [4.78, 5) is 5.01. The predicted octanol–water partition coefficient (Wildman–Crippen LogP) is 3.70. The Kier molecular flexibility index (Phi) is 6.57. The highest BCUT2D eigenvalue weighted by Gasteiger charge is 2.19. The lowest BCUT2D eigenvalue weighted by Crippen LogP contribution is -2.14. The number of rotatable bonds is 5. The van der Waals surface area contributed by atoms with Gasteiger partial charge in [0.2, 0.25) is 0 Å². The van der Waals surface area contributed by atoms with Crippen LogP contribution in [-0.2, 0) is 14.7 Å². The Morgan fingerprint density at radius 1 is 1.20 bits per heavy atom. The minimum Gasteiger partial charge on any atom is -0.383 e. The van der Waals surface area contributed by atoms with Crippen LogP contribution in [0.2, 0.25) is 5.02 Å². The average molecular weight is 380 g/mol. The lowest BCUT2D eigenvalue weighted by molar-refractivity contribution is 0.179. The van der Waals surface area contributed by atoms with Crippen LogP contribution in [0.25, 0.3) is 0 Å². The van der Waals surface area contributed by atoms with Gasteiger partial charge in [-0.2, -0.15) is 0 Å². The molecule has 7 heteroatoms. The topological polar surface area (TPSA) is 55.7 Å². The Morgan fingerprint density at radius 3 is 2.60 bits per heavy atom. The molecule has 0 bridgehead atoms.